The van der Waals surface area contributed by atoms with Gasteiger partial charge in [-0.15, -0.1) is 0 Å². The zero-order valence-corrected chi connectivity index (χ0v) is 5.84. The predicted octanol–water partition coefficient (Wildman–Crippen LogP) is 0.794. The molecule has 0 aromatic rings. The van der Waals surface area contributed by atoms with Gasteiger partial charge in [-0.3, -0.25) is 0 Å². The van der Waals surface area contributed by atoms with E-state index in [1.165, 1.54) is 0 Å². The Kier molecular flexibility index (Phi) is 2.49. The Bertz CT molecular complexity index is 73.0. The van der Waals surface area contributed by atoms with E-state index < -0.39 is 0 Å². The smallest absolute Gasteiger partial charge is 0.0623 e. The highest BCUT2D eigenvalue weighted by molar-refractivity contribution is 4.73. The predicted molar refractivity (Wildman–Crippen MR) is 35.2 cm³/mol. The molecule has 0 radical (unpaired) electrons. The number of hydrogen-bond donors (Lipinski definition) is 1. The molecule has 2 atom stereocenters. The van der Waals surface area contributed by atoms with E-state index in [2.05, 4.69) is 6.92 Å². The highest BCUT2D eigenvalue weighted by atomic mass is 16.5. The van der Waals surface area contributed by atoms with Crippen molar-refractivity contribution in [1.82, 2.24) is 0 Å². The van der Waals surface area contributed by atoms with Crippen LogP contribution in [-0.2, 0) is 4.74 Å². The average molecular weight is 130 g/mol. The summed E-state index contributed by atoms with van der Waals surface area (Å²) in [7, 11) is 0. The lowest BCUT2D eigenvalue weighted by Gasteiger charge is -2.12. The van der Waals surface area contributed by atoms with Crippen LogP contribution in [0.5, 0.6) is 0 Å². The second kappa shape index (κ2) is 3.18. The lowest BCUT2D eigenvalue weighted by atomic mass is 10.0. The quantitative estimate of drug-likeness (QED) is 0.599. The minimum atomic E-state index is 0.290. The molecule has 1 N–H and O–H groups in total. The first-order valence-electron chi connectivity index (χ1n) is 3.61. The summed E-state index contributed by atoms with van der Waals surface area (Å²) in [5.41, 5.74) is 0. The maximum atomic E-state index is 8.79. The molecule has 1 heterocycles. The summed E-state index contributed by atoms with van der Waals surface area (Å²) < 4.78 is 5.35. The number of aliphatic hydroxyl groups excluding tert-OH is 1. The molecule has 0 unspecified atom stereocenters. The van der Waals surface area contributed by atoms with Gasteiger partial charge in [0.25, 0.3) is 0 Å². The first kappa shape index (κ1) is 7.03. The van der Waals surface area contributed by atoms with Gasteiger partial charge < -0.3 is 9.84 Å². The molecule has 0 aromatic carbocycles. The van der Waals surface area contributed by atoms with Gasteiger partial charge in [-0.05, 0) is 12.8 Å². The second-order valence-electron chi connectivity index (χ2n) is 2.55. The van der Waals surface area contributed by atoms with E-state index in [4.69, 9.17) is 9.84 Å². The van der Waals surface area contributed by atoms with Gasteiger partial charge >= 0.3 is 0 Å². The number of hydrogen-bond acceptors (Lipinski definition) is 2. The topological polar surface area (TPSA) is 29.5 Å². The summed E-state index contributed by atoms with van der Waals surface area (Å²) in [5, 5.41) is 8.79. The average Bonchev–Trinajstić information content (AvgIpc) is 2.33. The molecule has 54 valence electrons. The zero-order valence-electron chi connectivity index (χ0n) is 5.84. The highest BCUT2D eigenvalue weighted by Crippen LogP contribution is 2.22. The van der Waals surface area contributed by atoms with Crippen molar-refractivity contribution in [3.8, 4) is 0 Å². The largest absolute Gasteiger partial charge is 0.396 e. The molecule has 0 spiro atoms. The van der Waals surface area contributed by atoms with E-state index >= 15 is 0 Å². The van der Waals surface area contributed by atoms with Crippen LogP contribution in [0.3, 0.4) is 0 Å². The van der Waals surface area contributed by atoms with E-state index in [0.29, 0.717) is 18.6 Å². The lowest BCUT2D eigenvalue weighted by Crippen LogP contribution is -2.17. The minimum absolute atomic E-state index is 0.290. The molecule has 2 nitrogen and oxygen atoms in total. The molecule has 2 heteroatoms. The lowest BCUT2D eigenvalue weighted by molar-refractivity contribution is 0.0696. The van der Waals surface area contributed by atoms with Gasteiger partial charge in [0.2, 0.25) is 0 Å². The number of aliphatic hydroxyl groups is 1. The van der Waals surface area contributed by atoms with Crippen molar-refractivity contribution in [2.75, 3.05) is 13.2 Å². The van der Waals surface area contributed by atoms with Gasteiger partial charge in [0.1, 0.15) is 0 Å². The highest BCUT2D eigenvalue weighted by Gasteiger charge is 2.25. The first-order chi connectivity index (χ1) is 4.38. The standard InChI is InChI=1S/C7H14O2/c1-2-7-6(5-8)3-4-9-7/h6-8H,2-5H2,1H3/t6-,7-/m0/s1. The van der Waals surface area contributed by atoms with E-state index in [9.17, 15) is 0 Å². The van der Waals surface area contributed by atoms with Gasteiger partial charge in [-0.1, -0.05) is 6.92 Å². The molecule has 0 aromatic heterocycles. The Morgan fingerprint density at radius 3 is 2.89 bits per heavy atom. The molecule has 0 saturated carbocycles. The van der Waals surface area contributed by atoms with Crippen molar-refractivity contribution in [2.24, 2.45) is 5.92 Å². The summed E-state index contributed by atoms with van der Waals surface area (Å²) in [6.45, 7) is 3.22. The van der Waals surface area contributed by atoms with Crippen LogP contribution in [0.2, 0.25) is 0 Å². The fraction of sp³-hybridized carbons (Fsp3) is 1.00. The van der Waals surface area contributed by atoms with E-state index in [1.807, 2.05) is 0 Å². The van der Waals surface area contributed by atoms with Crippen LogP contribution in [0.1, 0.15) is 19.8 Å². The summed E-state index contributed by atoms with van der Waals surface area (Å²) in [6.07, 6.45) is 2.40. The Morgan fingerprint density at radius 1 is 1.67 bits per heavy atom. The monoisotopic (exact) mass is 130 g/mol. The van der Waals surface area contributed by atoms with Crippen LogP contribution in [0, 0.1) is 5.92 Å². The van der Waals surface area contributed by atoms with E-state index in [-0.39, 0.29) is 0 Å². The number of ether oxygens (including phenoxy) is 1. The summed E-state index contributed by atoms with van der Waals surface area (Å²) >= 11 is 0. The molecule has 1 fully saturated rings. The molecule has 1 saturated heterocycles. The molecule has 1 aliphatic rings. The number of rotatable bonds is 2. The fourth-order valence-corrected chi connectivity index (χ4v) is 1.35. The van der Waals surface area contributed by atoms with Gasteiger partial charge in [-0.2, -0.15) is 0 Å². The fourth-order valence-electron chi connectivity index (χ4n) is 1.35. The summed E-state index contributed by atoms with van der Waals surface area (Å²) in [6, 6.07) is 0. The Labute approximate surface area is 55.8 Å². The zero-order chi connectivity index (χ0) is 6.69. The Balaban J connectivity index is 2.32. The van der Waals surface area contributed by atoms with E-state index in [0.717, 1.165) is 19.4 Å². The third-order valence-corrected chi connectivity index (χ3v) is 1.98. The maximum absolute atomic E-state index is 8.79. The van der Waals surface area contributed by atoms with Gasteiger partial charge in [0.05, 0.1) is 6.10 Å². The van der Waals surface area contributed by atoms with Crippen molar-refractivity contribution in [1.29, 1.82) is 0 Å². The molecule has 0 bridgehead atoms. The van der Waals surface area contributed by atoms with Crippen molar-refractivity contribution >= 4 is 0 Å². The maximum Gasteiger partial charge on any atom is 0.0623 e. The van der Waals surface area contributed by atoms with Crippen LogP contribution in [-0.4, -0.2) is 24.4 Å². The molecule has 9 heavy (non-hydrogen) atoms. The van der Waals surface area contributed by atoms with Crippen LogP contribution in [0.25, 0.3) is 0 Å². The minimum Gasteiger partial charge on any atom is -0.396 e. The molecule has 0 aliphatic carbocycles. The van der Waals surface area contributed by atoms with Crippen LogP contribution in [0.4, 0.5) is 0 Å². The van der Waals surface area contributed by atoms with Crippen LogP contribution >= 0.6 is 0 Å². The van der Waals surface area contributed by atoms with Crippen molar-refractivity contribution in [3.05, 3.63) is 0 Å². The molecular formula is C7H14O2. The van der Waals surface area contributed by atoms with Crippen molar-refractivity contribution in [2.45, 2.75) is 25.9 Å². The van der Waals surface area contributed by atoms with E-state index in [1.54, 1.807) is 0 Å². The SMILES string of the molecule is CC[C@@H]1OCC[C@H]1CO. The molecule has 0 amide bonds. The Morgan fingerprint density at radius 2 is 2.44 bits per heavy atom. The van der Waals surface area contributed by atoms with Crippen molar-refractivity contribution < 1.29 is 9.84 Å². The second-order valence-corrected chi connectivity index (χ2v) is 2.55. The van der Waals surface area contributed by atoms with Crippen LogP contribution < -0.4 is 0 Å². The van der Waals surface area contributed by atoms with Gasteiger partial charge in [0.15, 0.2) is 0 Å². The normalized spacial score (nSPS) is 35.3. The first-order valence-corrected chi connectivity index (χ1v) is 3.61. The van der Waals surface area contributed by atoms with Gasteiger partial charge in [-0.25, -0.2) is 0 Å². The molecular weight excluding hydrogens is 116 g/mol. The third kappa shape index (κ3) is 1.43. The molecule has 1 rings (SSSR count). The summed E-state index contributed by atoms with van der Waals surface area (Å²) in [5.74, 6) is 0.412. The third-order valence-electron chi connectivity index (χ3n) is 1.98. The molecule has 1 aliphatic heterocycles. The Hall–Kier alpha value is -0.0800. The van der Waals surface area contributed by atoms with Gasteiger partial charge in [0, 0.05) is 19.1 Å². The summed E-state index contributed by atoms with van der Waals surface area (Å²) in [4.78, 5) is 0. The van der Waals surface area contributed by atoms with Crippen molar-refractivity contribution in [3.63, 3.8) is 0 Å². The van der Waals surface area contributed by atoms with Crippen LogP contribution in [0.15, 0.2) is 0 Å².